The molecule has 138 valence electrons. The Kier molecular flexibility index (Phi) is 18.6. The van der Waals surface area contributed by atoms with E-state index in [4.69, 9.17) is 0 Å². The van der Waals surface area contributed by atoms with Gasteiger partial charge in [0.1, 0.15) is 0 Å². The number of benzene rings is 2. The molecule has 0 aliphatic heterocycles. The number of fused-ring (bicyclic) bond motifs is 1. The van der Waals surface area contributed by atoms with Crippen molar-refractivity contribution < 1.29 is 63.1 Å². The van der Waals surface area contributed by atoms with Gasteiger partial charge in [-0.25, -0.2) is 0 Å². The molecule has 0 saturated carbocycles. The SMILES string of the molecule is C[C-](CN(C)C)c1ccccc1.[Cl-].[Cl-].[Cl-].[Hf].c1ccc2[cH-]ccc2c1. The second-order valence-electron chi connectivity index (χ2n) is 5.54. The average molecular weight is 562 g/mol. The van der Waals surface area contributed by atoms with Gasteiger partial charge in [-0.15, -0.1) is 41.8 Å². The fourth-order valence-electron chi connectivity index (χ4n) is 2.36. The van der Waals surface area contributed by atoms with Crippen LogP contribution in [0.15, 0.2) is 72.8 Å². The molecule has 0 aromatic heterocycles. The zero-order valence-corrected chi connectivity index (χ0v) is 20.6. The van der Waals surface area contributed by atoms with E-state index in [1.165, 1.54) is 22.3 Å². The summed E-state index contributed by atoms with van der Waals surface area (Å²) in [5, 5.41) is 2.66. The molecule has 0 atom stereocenters. The number of rotatable bonds is 3. The summed E-state index contributed by atoms with van der Waals surface area (Å²) < 4.78 is 0. The van der Waals surface area contributed by atoms with Crippen molar-refractivity contribution in [3.63, 3.8) is 0 Å². The molecule has 0 radical (unpaired) electrons. The quantitative estimate of drug-likeness (QED) is 0.231. The molecule has 3 aromatic carbocycles. The Balaban J connectivity index is -0.000000341. The van der Waals surface area contributed by atoms with Crippen molar-refractivity contribution in [2.45, 2.75) is 6.92 Å². The van der Waals surface area contributed by atoms with E-state index in [9.17, 15) is 0 Å². The van der Waals surface area contributed by atoms with E-state index in [1.54, 1.807) is 0 Å². The van der Waals surface area contributed by atoms with Crippen molar-refractivity contribution in [2.75, 3.05) is 20.6 Å². The van der Waals surface area contributed by atoms with E-state index in [0.29, 0.717) is 0 Å². The summed E-state index contributed by atoms with van der Waals surface area (Å²) in [6.07, 6.45) is 0. The largest absolute Gasteiger partial charge is 1.00 e. The van der Waals surface area contributed by atoms with E-state index in [1.807, 2.05) is 6.07 Å². The summed E-state index contributed by atoms with van der Waals surface area (Å²) >= 11 is 0. The van der Waals surface area contributed by atoms with Gasteiger partial charge in [0, 0.05) is 25.8 Å². The van der Waals surface area contributed by atoms with Crippen LogP contribution < -0.4 is 37.2 Å². The van der Waals surface area contributed by atoms with Crippen molar-refractivity contribution in [1.29, 1.82) is 0 Å². The molecule has 3 rings (SSSR count). The molecule has 1 nitrogen and oxygen atoms in total. The van der Waals surface area contributed by atoms with E-state index in [0.717, 1.165) is 6.54 Å². The Labute approximate surface area is 189 Å². The topological polar surface area (TPSA) is 3.24 Å². The van der Waals surface area contributed by atoms with E-state index < -0.39 is 0 Å². The Morgan fingerprint density at radius 3 is 1.96 bits per heavy atom. The summed E-state index contributed by atoms with van der Waals surface area (Å²) in [6.45, 7) is 3.21. The second kappa shape index (κ2) is 15.8. The van der Waals surface area contributed by atoms with Crippen LogP contribution in [0.1, 0.15) is 12.5 Å². The van der Waals surface area contributed by atoms with Gasteiger partial charge in [0.2, 0.25) is 0 Å². The van der Waals surface area contributed by atoms with Crippen LogP contribution in [-0.2, 0) is 25.8 Å². The van der Waals surface area contributed by atoms with Crippen molar-refractivity contribution in [3.8, 4) is 0 Å². The van der Waals surface area contributed by atoms with Crippen LogP contribution in [-0.4, -0.2) is 25.5 Å². The molecule has 0 aliphatic carbocycles. The molecule has 0 heterocycles. The molecule has 0 aliphatic rings. The van der Waals surface area contributed by atoms with Crippen LogP contribution in [0.5, 0.6) is 0 Å². The third-order valence-corrected chi connectivity index (χ3v) is 3.37. The first-order valence-electron chi connectivity index (χ1n) is 7.30. The van der Waals surface area contributed by atoms with Gasteiger partial charge in [0.25, 0.3) is 0 Å². The van der Waals surface area contributed by atoms with Crippen LogP contribution in [0.4, 0.5) is 0 Å². The summed E-state index contributed by atoms with van der Waals surface area (Å²) in [7, 11) is 4.18. The Hall–Kier alpha value is -0.380. The standard InChI is InChI=1S/C11H16N.C9H7.3ClH.Hf/c1-10(9-12(2)3)11-7-5-4-6-8-11;1-2-5-9-7-3-6-8(9)4-1;;;;/h4-8H,9H2,1-3H3;1-7H;3*1H;/q2*-1;;;;/p-3. The molecule has 0 bridgehead atoms. The molecule has 5 heteroatoms. The van der Waals surface area contributed by atoms with Crippen molar-refractivity contribution >= 4 is 10.8 Å². The van der Waals surface area contributed by atoms with Crippen LogP contribution >= 0.6 is 0 Å². The summed E-state index contributed by atoms with van der Waals surface area (Å²) in [6, 6.07) is 25.2. The third-order valence-electron chi connectivity index (χ3n) is 3.37. The number of hydrogen-bond donors (Lipinski definition) is 0. The van der Waals surface area contributed by atoms with Crippen LogP contribution in [0.3, 0.4) is 0 Å². The predicted octanol–water partition coefficient (Wildman–Crippen LogP) is -4.24. The maximum absolute atomic E-state index is 2.18. The van der Waals surface area contributed by atoms with Gasteiger partial charge < -0.3 is 42.1 Å². The van der Waals surface area contributed by atoms with Crippen molar-refractivity contribution in [3.05, 3.63) is 84.3 Å². The zero-order chi connectivity index (χ0) is 15.1. The van der Waals surface area contributed by atoms with Crippen molar-refractivity contribution in [1.82, 2.24) is 4.90 Å². The van der Waals surface area contributed by atoms with Gasteiger partial charge in [-0.05, 0) is 20.6 Å². The minimum atomic E-state index is 0. The summed E-state index contributed by atoms with van der Waals surface area (Å²) in [5.41, 5.74) is 1.34. The molecule has 0 N–H and O–H groups in total. The van der Waals surface area contributed by atoms with Gasteiger partial charge in [0.05, 0.1) is 0 Å². The molecular weight excluding hydrogens is 539 g/mol. The molecule has 3 aromatic rings. The molecule has 0 unspecified atom stereocenters. The average Bonchev–Trinajstić information content (AvgIpc) is 2.96. The number of nitrogens with zero attached hydrogens (tertiary/aromatic N) is 1. The minimum absolute atomic E-state index is 0. The van der Waals surface area contributed by atoms with Crippen LogP contribution in [0, 0.1) is 5.92 Å². The third kappa shape index (κ3) is 10.4. The van der Waals surface area contributed by atoms with Gasteiger partial charge >= 0.3 is 0 Å². The monoisotopic (exact) mass is 562 g/mol. The maximum Gasteiger partial charge on any atom is 0 e. The first-order valence-corrected chi connectivity index (χ1v) is 7.30. The van der Waals surface area contributed by atoms with Crippen LogP contribution in [0.2, 0.25) is 0 Å². The van der Waals surface area contributed by atoms with Crippen LogP contribution in [0.25, 0.3) is 10.8 Å². The summed E-state index contributed by atoms with van der Waals surface area (Å²) in [4.78, 5) is 2.18. The number of likely N-dealkylation sites (N-methyl/N-ethyl adjacent to an activating group) is 1. The number of hydrogen-bond acceptors (Lipinski definition) is 1. The summed E-state index contributed by atoms with van der Waals surface area (Å²) in [5.74, 6) is 1.42. The smallest absolute Gasteiger partial charge is 0 e. The molecule has 25 heavy (non-hydrogen) atoms. The van der Waals surface area contributed by atoms with Gasteiger partial charge in [-0.2, -0.15) is 41.1 Å². The number of halogens is 3. The first-order chi connectivity index (χ1) is 10.2. The van der Waals surface area contributed by atoms with Crippen molar-refractivity contribution in [2.24, 2.45) is 0 Å². The maximum atomic E-state index is 2.18. The molecule has 0 amide bonds. The Morgan fingerprint density at radius 2 is 1.40 bits per heavy atom. The second-order valence-corrected chi connectivity index (χ2v) is 5.54. The fraction of sp³-hybridized carbons (Fsp3) is 0.200. The fourth-order valence-corrected chi connectivity index (χ4v) is 2.36. The Morgan fingerprint density at radius 1 is 0.840 bits per heavy atom. The molecule has 0 spiro atoms. The zero-order valence-electron chi connectivity index (χ0n) is 14.7. The van der Waals surface area contributed by atoms with E-state index >= 15 is 0 Å². The van der Waals surface area contributed by atoms with Gasteiger partial charge in [-0.1, -0.05) is 19.1 Å². The van der Waals surface area contributed by atoms with Gasteiger partial charge in [-0.3, -0.25) is 0 Å². The normalized spacial score (nSPS) is 8.64. The Bertz CT molecular complexity index is 626. The predicted molar refractivity (Wildman–Crippen MR) is 92.6 cm³/mol. The first kappa shape index (κ1) is 29.4. The van der Waals surface area contributed by atoms with E-state index in [-0.39, 0.29) is 63.1 Å². The van der Waals surface area contributed by atoms with E-state index in [2.05, 4.69) is 92.6 Å². The molecule has 0 fully saturated rings. The minimum Gasteiger partial charge on any atom is -1.00 e. The van der Waals surface area contributed by atoms with Gasteiger partial charge in [0.15, 0.2) is 0 Å². The molecule has 0 saturated heterocycles. The molecular formula is C20H23Cl3HfN-5.